The number of nitrogens with zero attached hydrogens (tertiary/aromatic N) is 1. The number of benzene rings is 2. The van der Waals surface area contributed by atoms with Crippen LogP contribution in [-0.4, -0.2) is 43.5 Å². The predicted molar refractivity (Wildman–Crippen MR) is 104 cm³/mol. The Morgan fingerprint density at radius 1 is 1.19 bits per heavy atom. The molecule has 1 unspecified atom stereocenters. The third-order valence-corrected chi connectivity index (χ3v) is 4.62. The minimum absolute atomic E-state index is 0.0181. The van der Waals surface area contributed by atoms with Crippen LogP contribution in [0.4, 0.5) is 0 Å². The van der Waals surface area contributed by atoms with Crippen LogP contribution < -0.4 is 10.1 Å². The van der Waals surface area contributed by atoms with Gasteiger partial charge >= 0.3 is 0 Å². The topological polar surface area (TPSA) is 57.4 Å². The van der Waals surface area contributed by atoms with E-state index < -0.39 is 0 Å². The second kappa shape index (κ2) is 8.06. The molecule has 0 saturated heterocycles. The average molecular weight is 351 g/mol. The molecule has 5 nitrogen and oxygen atoms in total. The lowest BCUT2D eigenvalue weighted by atomic mass is 10.1. The highest BCUT2D eigenvalue weighted by Crippen LogP contribution is 2.22. The standard InChI is InChI=1S/C21H25N3O2/c1-24(2)20(15-7-6-8-17(11-15)26-3)14-23-21(25)12-16-13-22-19-10-5-4-9-18(16)19/h4-11,13,20,22H,12,14H2,1-3H3,(H,23,25). The highest BCUT2D eigenvalue weighted by atomic mass is 16.5. The number of methoxy groups -OCH3 is 1. The van der Waals surface area contributed by atoms with E-state index in [1.54, 1.807) is 7.11 Å². The smallest absolute Gasteiger partial charge is 0.224 e. The summed E-state index contributed by atoms with van der Waals surface area (Å²) in [5.74, 6) is 0.837. The Hall–Kier alpha value is -2.79. The molecule has 0 aliphatic rings. The monoisotopic (exact) mass is 351 g/mol. The van der Waals surface area contributed by atoms with Gasteiger partial charge in [-0.2, -0.15) is 0 Å². The number of hydrogen-bond acceptors (Lipinski definition) is 3. The highest BCUT2D eigenvalue weighted by molar-refractivity contribution is 5.88. The number of amides is 1. The number of fused-ring (bicyclic) bond motifs is 1. The molecule has 1 heterocycles. The largest absolute Gasteiger partial charge is 0.497 e. The molecule has 0 fully saturated rings. The third kappa shape index (κ3) is 4.06. The lowest BCUT2D eigenvalue weighted by molar-refractivity contribution is -0.120. The van der Waals surface area contributed by atoms with E-state index in [0.29, 0.717) is 13.0 Å². The first-order chi connectivity index (χ1) is 12.6. The lowest BCUT2D eigenvalue weighted by Crippen LogP contribution is -2.35. The number of hydrogen-bond donors (Lipinski definition) is 2. The molecule has 0 bridgehead atoms. The van der Waals surface area contributed by atoms with Gasteiger partial charge in [0.1, 0.15) is 5.75 Å². The summed E-state index contributed by atoms with van der Waals surface area (Å²) in [5, 5.41) is 4.16. The first-order valence-electron chi connectivity index (χ1n) is 8.70. The number of aromatic amines is 1. The van der Waals surface area contributed by atoms with Crippen molar-refractivity contribution >= 4 is 16.8 Å². The van der Waals surface area contributed by atoms with Crippen LogP contribution in [0.15, 0.2) is 54.7 Å². The average Bonchev–Trinajstić information content (AvgIpc) is 3.05. The third-order valence-electron chi connectivity index (χ3n) is 4.62. The summed E-state index contributed by atoms with van der Waals surface area (Å²) in [7, 11) is 5.68. The predicted octanol–water partition coefficient (Wildman–Crippen LogP) is 3.14. The van der Waals surface area contributed by atoms with Crippen LogP contribution in [0.25, 0.3) is 10.9 Å². The fourth-order valence-corrected chi connectivity index (χ4v) is 3.17. The molecule has 0 aliphatic carbocycles. The Balaban J connectivity index is 1.66. The maximum atomic E-state index is 12.5. The first-order valence-corrected chi connectivity index (χ1v) is 8.70. The summed E-state index contributed by atoms with van der Waals surface area (Å²) in [5.41, 5.74) is 3.18. The van der Waals surface area contributed by atoms with E-state index in [2.05, 4.69) is 21.3 Å². The molecule has 2 aromatic carbocycles. The molecule has 3 rings (SSSR count). The number of rotatable bonds is 7. The van der Waals surface area contributed by atoms with Crippen molar-refractivity contribution < 1.29 is 9.53 Å². The number of para-hydroxylation sites is 1. The maximum Gasteiger partial charge on any atom is 0.224 e. The SMILES string of the molecule is COc1cccc(C(CNC(=O)Cc2c[nH]c3ccccc23)N(C)C)c1. The zero-order chi connectivity index (χ0) is 18.5. The molecule has 0 aliphatic heterocycles. The molecule has 0 spiro atoms. The van der Waals surface area contributed by atoms with Crippen LogP contribution in [0.5, 0.6) is 5.75 Å². The van der Waals surface area contributed by atoms with E-state index in [-0.39, 0.29) is 11.9 Å². The van der Waals surface area contributed by atoms with Crippen molar-refractivity contribution in [2.45, 2.75) is 12.5 Å². The summed E-state index contributed by atoms with van der Waals surface area (Å²) in [6, 6.07) is 16.1. The van der Waals surface area contributed by atoms with Crippen molar-refractivity contribution in [1.82, 2.24) is 15.2 Å². The van der Waals surface area contributed by atoms with Gasteiger partial charge in [0.05, 0.1) is 19.6 Å². The fourth-order valence-electron chi connectivity index (χ4n) is 3.17. The van der Waals surface area contributed by atoms with E-state index in [1.807, 2.05) is 62.8 Å². The Morgan fingerprint density at radius 3 is 2.77 bits per heavy atom. The summed E-state index contributed by atoms with van der Waals surface area (Å²) in [6.45, 7) is 0.543. The summed E-state index contributed by atoms with van der Waals surface area (Å²) in [4.78, 5) is 17.8. The van der Waals surface area contributed by atoms with E-state index >= 15 is 0 Å². The van der Waals surface area contributed by atoms with E-state index in [4.69, 9.17) is 4.74 Å². The quantitative estimate of drug-likeness (QED) is 0.687. The summed E-state index contributed by atoms with van der Waals surface area (Å²) >= 11 is 0. The van der Waals surface area contributed by atoms with Crippen molar-refractivity contribution in [3.8, 4) is 5.75 Å². The molecule has 3 aromatic rings. The molecule has 1 amide bonds. The van der Waals surface area contributed by atoms with Gasteiger partial charge in [0.25, 0.3) is 0 Å². The molecule has 136 valence electrons. The number of ether oxygens (including phenoxy) is 1. The van der Waals surface area contributed by atoms with Crippen molar-refractivity contribution in [2.24, 2.45) is 0 Å². The van der Waals surface area contributed by atoms with Crippen molar-refractivity contribution in [3.63, 3.8) is 0 Å². The number of carbonyl (C=O) groups is 1. The lowest BCUT2D eigenvalue weighted by Gasteiger charge is -2.25. The van der Waals surface area contributed by atoms with E-state index in [0.717, 1.165) is 27.8 Å². The van der Waals surface area contributed by atoms with Crippen LogP contribution in [0.3, 0.4) is 0 Å². The van der Waals surface area contributed by atoms with E-state index in [9.17, 15) is 4.79 Å². The Bertz CT molecular complexity index is 886. The zero-order valence-electron chi connectivity index (χ0n) is 15.5. The summed E-state index contributed by atoms with van der Waals surface area (Å²) in [6.07, 6.45) is 2.28. The van der Waals surface area contributed by atoms with Crippen molar-refractivity contribution in [3.05, 3.63) is 65.9 Å². The molecule has 0 saturated carbocycles. The normalized spacial score (nSPS) is 12.3. The van der Waals surface area contributed by atoms with Crippen LogP contribution in [-0.2, 0) is 11.2 Å². The van der Waals surface area contributed by atoms with Gasteiger partial charge < -0.3 is 19.9 Å². The molecule has 26 heavy (non-hydrogen) atoms. The molecule has 5 heteroatoms. The second-order valence-corrected chi connectivity index (χ2v) is 6.60. The Kier molecular flexibility index (Phi) is 5.58. The van der Waals surface area contributed by atoms with Crippen molar-refractivity contribution in [2.75, 3.05) is 27.7 Å². The maximum absolute atomic E-state index is 12.5. The van der Waals surface area contributed by atoms with Gasteiger partial charge in [-0.05, 0) is 43.4 Å². The number of H-pyrrole nitrogens is 1. The number of likely N-dealkylation sites (N-methyl/N-ethyl adjacent to an activating group) is 1. The Labute approximate surface area is 154 Å². The van der Waals surface area contributed by atoms with Crippen LogP contribution >= 0.6 is 0 Å². The van der Waals surface area contributed by atoms with Gasteiger partial charge in [-0.25, -0.2) is 0 Å². The van der Waals surface area contributed by atoms with E-state index in [1.165, 1.54) is 0 Å². The second-order valence-electron chi connectivity index (χ2n) is 6.60. The van der Waals surface area contributed by atoms with Crippen LogP contribution in [0, 0.1) is 0 Å². The van der Waals surface area contributed by atoms with Gasteiger partial charge in [0.2, 0.25) is 5.91 Å². The van der Waals surface area contributed by atoms with Gasteiger partial charge in [0, 0.05) is 23.6 Å². The number of nitrogens with one attached hydrogen (secondary N) is 2. The first kappa shape index (κ1) is 18.0. The minimum Gasteiger partial charge on any atom is -0.497 e. The number of aromatic nitrogens is 1. The van der Waals surface area contributed by atoms with Crippen LogP contribution in [0.2, 0.25) is 0 Å². The van der Waals surface area contributed by atoms with Gasteiger partial charge in [0.15, 0.2) is 0 Å². The molecule has 1 aromatic heterocycles. The molecular weight excluding hydrogens is 326 g/mol. The molecular formula is C21H25N3O2. The van der Waals surface area contributed by atoms with Gasteiger partial charge in [-0.1, -0.05) is 30.3 Å². The number of carbonyl (C=O) groups excluding carboxylic acids is 1. The zero-order valence-corrected chi connectivity index (χ0v) is 15.5. The van der Waals surface area contributed by atoms with Crippen molar-refractivity contribution in [1.29, 1.82) is 0 Å². The molecule has 0 radical (unpaired) electrons. The summed E-state index contributed by atoms with van der Waals surface area (Å²) < 4.78 is 5.31. The van der Waals surface area contributed by atoms with Crippen LogP contribution in [0.1, 0.15) is 17.2 Å². The van der Waals surface area contributed by atoms with Gasteiger partial charge in [-0.3, -0.25) is 4.79 Å². The van der Waals surface area contributed by atoms with Gasteiger partial charge in [-0.15, -0.1) is 0 Å². The fraction of sp³-hybridized carbons (Fsp3) is 0.286. The highest BCUT2D eigenvalue weighted by Gasteiger charge is 2.16. The Morgan fingerprint density at radius 2 is 2.00 bits per heavy atom. The minimum atomic E-state index is 0.0181. The molecule has 2 N–H and O–H groups in total. The molecule has 1 atom stereocenters.